The molecule has 0 aromatic heterocycles. The summed E-state index contributed by atoms with van der Waals surface area (Å²) in [6.45, 7) is 3.68. The van der Waals surface area contributed by atoms with Crippen LogP contribution in [0.15, 0.2) is 0 Å². The lowest BCUT2D eigenvalue weighted by atomic mass is 10.1. The fraction of sp³-hybridized carbons (Fsp3) is 0.947. The van der Waals surface area contributed by atoms with Gasteiger partial charge in [0.2, 0.25) is 0 Å². The highest BCUT2D eigenvalue weighted by Crippen LogP contribution is 2.12. The predicted molar refractivity (Wildman–Crippen MR) is 94.9 cm³/mol. The number of unbranched alkanes of at least 4 members (excludes halogenated alkanes) is 10. The fourth-order valence-electron chi connectivity index (χ4n) is 2.44. The van der Waals surface area contributed by atoms with Gasteiger partial charge >= 0.3 is 5.97 Å². The van der Waals surface area contributed by atoms with Gasteiger partial charge in [0.25, 0.3) is 0 Å². The molecular weight excluding hydrogens is 401 g/mol. The first-order valence-corrected chi connectivity index (χ1v) is 9.42. The zero-order valence-corrected chi connectivity index (χ0v) is 18.2. The van der Waals surface area contributed by atoms with Crippen molar-refractivity contribution in [2.75, 3.05) is 34.3 Å². The third kappa shape index (κ3) is 22.2. The molecule has 0 aromatic carbocycles. The molecule has 0 rings (SSSR count). The molecule has 3 nitrogen and oxygen atoms in total. The van der Waals surface area contributed by atoms with Crippen LogP contribution in [0.1, 0.15) is 84.0 Å². The van der Waals surface area contributed by atoms with Crippen molar-refractivity contribution in [2.45, 2.75) is 84.0 Å². The monoisotopic (exact) mass is 441 g/mol. The van der Waals surface area contributed by atoms with Gasteiger partial charge in [0.15, 0.2) is 0 Å². The number of halogens is 1. The summed E-state index contributed by atoms with van der Waals surface area (Å²) >= 11 is 0. The van der Waals surface area contributed by atoms with E-state index < -0.39 is 0 Å². The van der Waals surface area contributed by atoms with Crippen molar-refractivity contribution in [3.63, 3.8) is 0 Å². The van der Waals surface area contributed by atoms with Crippen LogP contribution in [0.3, 0.4) is 0 Å². The Hall–Kier alpha value is 0.160. The molecule has 0 aliphatic rings. The maximum atomic E-state index is 11.6. The van der Waals surface area contributed by atoms with Crippen LogP contribution in [0, 0.1) is 0 Å². The van der Waals surface area contributed by atoms with Gasteiger partial charge in [-0.15, -0.1) is 0 Å². The number of ether oxygens (including phenoxy) is 1. The molecule has 0 bridgehead atoms. The molecule has 0 saturated carbocycles. The summed E-state index contributed by atoms with van der Waals surface area (Å²) in [6.07, 6.45) is 15.0. The third-order valence-corrected chi connectivity index (χ3v) is 4.01. The van der Waals surface area contributed by atoms with E-state index in [-0.39, 0.29) is 29.9 Å². The minimum Gasteiger partial charge on any atom is -1.00 e. The molecule has 0 fully saturated rings. The second kappa shape index (κ2) is 17.0. The maximum absolute atomic E-state index is 11.6. The average Bonchev–Trinajstić information content (AvgIpc) is 2.43. The minimum absolute atomic E-state index is 0. The van der Waals surface area contributed by atoms with Gasteiger partial charge in [-0.25, -0.2) is 0 Å². The largest absolute Gasteiger partial charge is 1.00 e. The molecule has 0 amide bonds. The first kappa shape index (κ1) is 25.4. The van der Waals surface area contributed by atoms with Gasteiger partial charge in [-0.05, 0) is 6.42 Å². The Kier molecular flexibility index (Phi) is 18.8. The molecule has 0 spiro atoms. The highest BCUT2D eigenvalue weighted by atomic mass is 127. The van der Waals surface area contributed by atoms with Gasteiger partial charge < -0.3 is 33.2 Å². The Morgan fingerprint density at radius 1 is 0.783 bits per heavy atom. The maximum Gasteiger partial charge on any atom is 0.305 e. The van der Waals surface area contributed by atoms with Crippen molar-refractivity contribution in [3.8, 4) is 0 Å². The number of carbonyl (C=O) groups is 1. The lowest BCUT2D eigenvalue weighted by Crippen LogP contribution is -3.00. The van der Waals surface area contributed by atoms with Crippen LogP contribution < -0.4 is 24.0 Å². The SMILES string of the molecule is CCCCCCCCCCCCCC(=O)OCC[N+](C)(C)C.[I-]. The second-order valence-electron chi connectivity index (χ2n) is 7.52. The minimum atomic E-state index is -0.0237. The summed E-state index contributed by atoms with van der Waals surface area (Å²) in [4.78, 5) is 11.6. The van der Waals surface area contributed by atoms with Crippen molar-refractivity contribution in [1.29, 1.82) is 0 Å². The molecule has 140 valence electrons. The highest BCUT2D eigenvalue weighted by molar-refractivity contribution is 5.69. The van der Waals surface area contributed by atoms with Crippen molar-refractivity contribution in [1.82, 2.24) is 0 Å². The van der Waals surface area contributed by atoms with Gasteiger partial charge in [-0.2, -0.15) is 0 Å². The smallest absolute Gasteiger partial charge is 0.305 e. The molecule has 0 saturated heterocycles. The summed E-state index contributed by atoms with van der Waals surface area (Å²) in [5.74, 6) is -0.0237. The van der Waals surface area contributed by atoms with Gasteiger partial charge in [0, 0.05) is 6.42 Å². The van der Waals surface area contributed by atoms with Crippen molar-refractivity contribution < 1.29 is 38.0 Å². The Balaban J connectivity index is 0. The number of hydrogen-bond donors (Lipinski definition) is 0. The van der Waals surface area contributed by atoms with Crippen molar-refractivity contribution in [2.24, 2.45) is 0 Å². The number of esters is 1. The first-order valence-electron chi connectivity index (χ1n) is 9.42. The van der Waals surface area contributed by atoms with Crippen molar-refractivity contribution in [3.05, 3.63) is 0 Å². The molecule has 0 heterocycles. The fourth-order valence-corrected chi connectivity index (χ4v) is 2.44. The van der Waals surface area contributed by atoms with Crippen LogP contribution in [0.2, 0.25) is 0 Å². The van der Waals surface area contributed by atoms with E-state index in [1.807, 2.05) is 0 Å². The molecule has 0 N–H and O–H groups in total. The number of nitrogens with zero attached hydrogens (tertiary/aromatic N) is 1. The molecule has 0 atom stereocenters. The zero-order chi connectivity index (χ0) is 16.7. The molecule has 0 radical (unpaired) electrons. The zero-order valence-electron chi connectivity index (χ0n) is 16.0. The van der Waals surface area contributed by atoms with E-state index in [1.54, 1.807) is 0 Å². The Morgan fingerprint density at radius 3 is 1.65 bits per heavy atom. The van der Waals surface area contributed by atoms with Crippen LogP contribution in [-0.2, 0) is 9.53 Å². The van der Waals surface area contributed by atoms with Crippen molar-refractivity contribution >= 4 is 5.97 Å². The van der Waals surface area contributed by atoms with E-state index in [1.165, 1.54) is 64.2 Å². The van der Waals surface area contributed by atoms with Crippen LogP contribution in [-0.4, -0.2) is 44.7 Å². The average molecular weight is 441 g/mol. The lowest BCUT2D eigenvalue weighted by Gasteiger charge is -2.23. The van der Waals surface area contributed by atoms with E-state index in [4.69, 9.17) is 4.74 Å². The van der Waals surface area contributed by atoms with E-state index in [9.17, 15) is 4.79 Å². The van der Waals surface area contributed by atoms with E-state index in [0.717, 1.165) is 17.4 Å². The normalized spacial score (nSPS) is 11.1. The Bertz CT molecular complexity index is 265. The standard InChI is InChI=1S/C19H40NO2.HI/c1-5-6-7-8-9-10-11-12-13-14-15-16-19(21)22-18-17-20(2,3)4;/h5-18H2,1-4H3;1H/q+1;/p-1. The second-order valence-corrected chi connectivity index (χ2v) is 7.52. The molecule has 0 aromatic rings. The third-order valence-electron chi connectivity index (χ3n) is 4.01. The van der Waals surface area contributed by atoms with Crippen LogP contribution in [0.25, 0.3) is 0 Å². The topological polar surface area (TPSA) is 26.3 Å². The quantitative estimate of drug-likeness (QED) is 0.168. The van der Waals surface area contributed by atoms with Gasteiger partial charge in [0.05, 0.1) is 21.1 Å². The van der Waals surface area contributed by atoms with Gasteiger partial charge in [-0.3, -0.25) is 4.79 Å². The number of quaternary nitrogens is 1. The number of hydrogen-bond acceptors (Lipinski definition) is 2. The molecule has 0 unspecified atom stereocenters. The molecule has 4 heteroatoms. The summed E-state index contributed by atoms with van der Waals surface area (Å²) in [6, 6.07) is 0. The van der Waals surface area contributed by atoms with Gasteiger partial charge in [0.1, 0.15) is 13.2 Å². The van der Waals surface area contributed by atoms with Crippen LogP contribution >= 0.6 is 0 Å². The van der Waals surface area contributed by atoms with E-state index in [2.05, 4.69) is 28.1 Å². The van der Waals surface area contributed by atoms with Gasteiger partial charge in [-0.1, -0.05) is 71.1 Å². The molecule has 0 aliphatic heterocycles. The molecule has 0 aliphatic carbocycles. The molecule has 23 heavy (non-hydrogen) atoms. The summed E-state index contributed by atoms with van der Waals surface area (Å²) < 4.78 is 6.09. The van der Waals surface area contributed by atoms with Crippen LogP contribution in [0.5, 0.6) is 0 Å². The van der Waals surface area contributed by atoms with E-state index >= 15 is 0 Å². The lowest BCUT2D eigenvalue weighted by molar-refractivity contribution is -0.870. The highest BCUT2D eigenvalue weighted by Gasteiger charge is 2.09. The number of carbonyl (C=O) groups excluding carboxylic acids is 1. The van der Waals surface area contributed by atoms with E-state index in [0.29, 0.717) is 13.0 Å². The number of likely N-dealkylation sites (N-methyl/N-ethyl adjacent to an activating group) is 1. The summed E-state index contributed by atoms with van der Waals surface area (Å²) in [5, 5.41) is 0. The first-order chi connectivity index (χ1) is 10.5. The summed E-state index contributed by atoms with van der Waals surface area (Å²) in [7, 11) is 6.33. The van der Waals surface area contributed by atoms with Crippen LogP contribution in [0.4, 0.5) is 0 Å². The molecular formula is C19H40INO2. The number of rotatable bonds is 15. The summed E-state index contributed by atoms with van der Waals surface area (Å²) in [5.41, 5.74) is 0. The Labute approximate surface area is 162 Å². The predicted octanol–water partition coefficient (Wildman–Crippen LogP) is 1.94. The Morgan fingerprint density at radius 2 is 1.22 bits per heavy atom.